The van der Waals surface area contributed by atoms with E-state index in [4.69, 9.17) is 23.7 Å². The van der Waals surface area contributed by atoms with E-state index in [9.17, 15) is 4.79 Å². The number of carbonyl (C=O) groups is 1. The molecule has 2 aliphatic rings. The summed E-state index contributed by atoms with van der Waals surface area (Å²) < 4.78 is 28.7. The summed E-state index contributed by atoms with van der Waals surface area (Å²) in [5.41, 5.74) is 0.995. The molecule has 0 bridgehead atoms. The molecule has 5 atom stereocenters. The van der Waals surface area contributed by atoms with Gasteiger partial charge < -0.3 is 28.5 Å². The third-order valence-electron chi connectivity index (χ3n) is 4.59. The van der Waals surface area contributed by atoms with Crippen LogP contribution >= 0.6 is 0 Å². The maximum atomic E-state index is 11.2. The first kappa shape index (κ1) is 17.4. The van der Waals surface area contributed by atoms with Crippen LogP contribution in [0.15, 0.2) is 24.3 Å². The zero-order valence-electron chi connectivity index (χ0n) is 14.4. The molecule has 132 valence electrons. The van der Waals surface area contributed by atoms with Crippen LogP contribution in [-0.2, 0) is 23.7 Å². The summed E-state index contributed by atoms with van der Waals surface area (Å²) in [4.78, 5) is 11.2. The van der Waals surface area contributed by atoms with Gasteiger partial charge in [-0.1, -0.05) is 12.1 Å². The molecule has 0 amide bonds. The molecule has 2 aliphatic heterocycles. The predicted molar refractivity (Wildman–Crippen MR) is 85.9 cm³/mol. The lowest BCUT2D eigenvalue weighted by Crippen LogP contribution is -2.39. The minimum absolute atomic E-state index is 0.140. The smallest absolute Gasteiger partial charge is 0.190 e. The van der Waals surface area contributed by atoms with Gasteiger partial charge in [0.1, 0.15) is 24.2 Å². The molecule has 1 aromatic rings. The normalized spacial score (nSPS) is 32.3. The van der Waals surface area contributed by atoms with E-state index >= 15 is 0 Å². The summed E-state index contributed by atoms with van der Waals surface area (Å²) in [6, 6.07) is 7.65. The van der Waals surface area contributed by atoms with Crippen molar-refractivity contribution in [1.29, 1.82) is 0 Å². The lowest BCUT2D eigenvalue weighted by atomic mass is 9.87. The number of methoxy groups -OCH3 is 2. The highest BCUT2D eigenvalue weighted by atomic mass is 16.8. The van der Waals surface area contributed by atoms with Crippen LogP contribution in [0.4, 0.5) is 0 Å². The Balaban J connectivity index is 1.84. The van der Waals surface area contributed by atoms with Gasteiger partial charge in [0.15, 0.2) is 12.1 Å². The Hall–Kier alpha value is -1.47. The summed E-state index contributed by atoms with van der Waals surface area (Å²) in [5, 5.41) is 0. The van der Waals surface area contributed by atoms with E-state index in [1.54, 1.807) is 14.2 Å². The standard InChI is InChI=1S/C18H24O6/c1-18(2)23-16-15(21-4)14(22-17(16)24-18)13(9-10-19)11-5-7-12(20-3)8-6-11/h5-8,10,13-17H,9H2,1-4H3/t13-,14-,15+,16-,17-/m1/s1. The van der Waals surface area contributed by atoms with Gasteiger partial charge in [-0.15, -0.1) is 0 Å². The molecule has 1 aromatic carbocycles. The Bertz CT molecular complexity index is 569. The van der Waals surface area contributed by atoms with Crippen molar-refractivity contribution in [1.82, 2.24) is 0 Å². The maximum Gasteiger partial charge on any atom is 0.190 e. The van der Waals surface area contributed by atoms with Crippen molar-refractivity contribution in [3.05, 3.63) is 29.8 Å². The fourth-order valence-corrected chi connectivity index (χ4v) is 3.51. The average Bonchev–Trinajstić information content (AvgIpc) is 3.03. The Morgan fingerprint density at radius 2 is 1.92 bits per heavy atom. The molecule has 2 heterocycles. The van der Waals surface area contributed by atoms with E-state index in [0.29, 0.717) is 6.42 Å². The molecule has 2 saturated heterocycles. The van der Waals surface area contributed by atoms with E-state index in [0.717, 1.165) is 17.6 Å². The van der Waals surface area contributed by atoms with Gasteiger partial charge >= 0.3 is 0 Å². The molecule has 0 unspecified atom stereocenters. The van der Waals surface area contributed by atoms with E-state index < -0.39 is 12.1 Å². The Morgan fingerprint density at radius 3 is 2.50 bits per heavy atom. The maximum absolute atomic E-state index is 11.2. The molecule has 3 rings (SSSR count). The van der Waals surface area contributed by atoms with Crippen molar-refractivity contribution >= 4 is 6.29 Å². The Labute approximate surface area is 142 Å². The number of fused-ring (bicyclic) bond motifs is 1. The van der Waals surface area contributed by atoms with Gasteiger partial charge in [0.05, 0.1) is 13.2 Å². The van der Waals surface area contributed by atoms with E-state index in [1.165, 1.54) is 0 Å². The Kier molecular flexibility index (Phi) is 4.92. The quantitative estimate of drug-likeness (QED) is 0.743. The number of hydrogen-bond acceptors (Lipinski definition) is 6. The number of benzene rings is 1. The molecular formula is C18H24O6. The fourth-order valence-electron chi connectivity index (χ4n) is 3.51. The molecule has 6 nitrogen and oxygen atoms in total. The van der Waals surface area contributed by atoms with E-state index in [-0.39, 0.29) is 24.2 Å². The van der Waals surface area contributed by atoms with Gasteiger partial charge in [-0.05, 0) is 31.5 Å². The van der Waals surface area contributed by atoms with Gasteiger partial charge in [-0.3, -0.25) is 0 Å². The van der Waals surface area contributed by atoms with Gasteiger partial charge in [-0.25, -0.2) is 0 Å². The van der Waals surface area contributed by atoms with E-state index in [1.807, 2.05) is 38.1 Å². The summed E-state index contributed by atoms with van der Waals surface area (Å²) in [5.74, 6) is -0.0686. The Morgan fingerprint density at radius 1 is 1.21 bits per heavy atom. The SMILES string of the molecule is COc1ccc([C@@H](CC=O)[C@H]2O[C@@H]3OC(C)(C)O[C@@H]3[C@H]2OC)cc1. The van der Waals surface area contributed by atoms with Gasteiger partial charge in [0.2, 0.25) is 0 Å². The highest BCUT2D eigenvalue weighted by Gasteiger charge is 2.56. The highest BCUT2D eigenvalue weighted by molar-refractivity contribution is 5.52. The van der Waals surface area contributed by atoms with Crippen LogP contribution < -0.4 is 4.74 Å². The number of hydrogen-bond donors (Lipinski definition) is 0. The molecule has 0 radical (unpaired) electrons. The van der Waals surface area contributed by atoms with Crippen LogP contribution in [0, 0.1) is 0 Å². The second kappa shape index (κ2) is 6.80. The first-order valence-corrected chi connectivity index (χ1v) is 8.10. The number of carbonyl (C=O) groups excluding carboxylic acids is 1. The van der Waals surface area contributed by atoms with Crippen LogP contribution in [0.2, 0.25) is 0 Å². The monoisotopic (exact) mass is 336 g/mol. The lowest BCUT2D eigenvalue weighted by Gasteiger charge is -2.29. The zero-order chi connectivity index (χ0) is 17.3. The summed E-state index contributed by atoms with van der Waals surface area (Å²) in [7, 11) is 3.25. The zero-order valence-corrected chi connectivity index (χ0v) is 14.4. The van der Waals surface area contributed by atoms with Crippen molar-refractivity contribution in [2.45, 2.75) is 56.6 Å². The number of rotatable bonds is 6. The minimum Gasteiger partial charge on any atom is -0.497 e. The molecular weight excluding hydrogens is 312 g/mol. The first-order valence-electron chi connectivity index (χ1n) is 8.10. The molecule has 0 N–H and O–H groups in total. The lowest BCUT2D eigenvalue weighted by molar-refractivity contribution is -0.219. The van der Waals surface area contributed by atoms with Gasteiger partial charge in [0, 0.05) is 19.4 Å². The van der Waals surface area contributed by atoms with Crippen LogP contribution in [0.5, 0.6) is 5.75 Å². The molecule has 0 aromatic heterocycles. The first-order chi connectivity index (χ1) is 11.5. The van der Waals surface area contributed by atoms with Crippen molar-refractivity contribution in [2.24, 2.45) is 0 Å². The van der Waals surface area contributed by atoms with Gasteiger partial charge in [-0.2, -0.15) is 0 Å². The number of ether oxygens (including phenoxy) is 5. The largest absolute Gasteiger partial charge is 0.497 e. The third-order valence-corrected chi connectivity index (χ3v) is 4.59. The predicted octanol–water partition coefficient (Wildman–Crippen LogP) is 2.26. The topological polar surface area (TPSA) is 63.2 Å². The van der Waals surface area contributed by atoms with Crippen LogP contribution in [0.25, 0.3) is 0 Å². The van der Waals surface area contributed by atoms with Crippen molar-refractivity contribution in [3.63, 3.8) is 0 Å². The van der Waals surface area contributed by atoms with Crippen molar-refractivity contribution in [2.75, 3.05) is 14.2 Å². The molecule has 24 heavy (non-hydrogen) atoms. The summed E-state index contributed by atoms with van der Waals surface area (Å²) >= 11 is 0. The van der Waals surface area contributed by atoms with Crippen LogP contribution in [-0.4, -0.2) is 50.9 Å². The molecule has 0 saturated carbocycles. The van der Waals surface area contributed by atoms with E-state index in [2.05, 4.69) is 0 Å². The second-order valence-corrected chi connectivity index (χ2v) is 6.55. The number of aldehydes is 1. The molecule has 0 spiro atoms. The second-order valence-electron chi connectivity index (χ2n) is 6.55. The third kappa shape index (κ3) is 3.19. The van der Waals surface area contributed by atoms with Crippen LogP contribution in [0.1, 0.15) is 31.7 Å². The summed E-state index contributed by atoms with van der Waals surface area (Å²) in [6.45, 7) is 3.70. The summed E-state index contributed by atoms with van der Waals surface area (Å²) in [6.07, 6.45) is -0.169. The fraction of sp³-hybridized carbons (Fsp3) is 0.611. The molecule has 2 fully saturated rings. The minimum atomic E-state index is -0.697. The molecule has 0 aliphatic carbocycles. The average molecular weight is 336 g/mol. The van der Waals surface area contributed by atoms with Crippen LogP contribution in [0.3, 0.4) is 0 Å². The van der Waals surface area contributed by atoms with Crippen molar-refractivity contribution in [3.8, 4) is 5.75 Å². The molecule has 6 heteroatoms. The van der Waals surface area contributed by atoms with Gasteiger partial charge in [0.25, 0.3) is 0 Å². The highest BCUT2D eigenvalue weighted by Crippen LogP contribution is 2.43. The van der Waals surface area contributed by atoms with Crippen molar-refractivity contribution < 1.29 is 28.5 Å².